The molecule has 1 aliphatic heterocycles. The smallest absolute Gasteiger partial charge is 0.277 e. The highest BCUT2D eigenvalue weighted by Crippen LogP contribution is 2.38. The van der Waals surface area contributed by atoms with Crippen molar-refractivity contribution in [1.29, 1.82) is 0 Å². The number of primary amides is 2. The highest BCUT2D eigenvalue weighted by Gasteiger charge is 2.30. The molecule has 7 rings (SSSR count). The molecule has 0 aliphatic carbocycles. The number of hydrogen-bond acceptors (Lipinski definition) is 12. The predicted octanol–water partition coefficient (Wildman–Crippen LogP) is 2.93. The minimum Gasteiger partial charge on any atom is -0.491 e. The molecule has 9 N–H and O–H groups in total. The number of carbonyl (C=O) groups excluding carboxylic acids is 5. The molecule has 0 bridgehead atoms. The van der Waals surface area contributed by atoms with Gasteiger partial charge in [-0.2, -0.15) is 10.2 Å². The second-order valence-corrected chi connectivity index (χ2v) is 15.1. The zero-order chi connectivity index (χ0) is 44.4. The Hall–Kier alpha value is -7.07. The molecule has 2 aromatic carbocycles. The van der Waals surface area contributed by atoms with Gasteiger partial charge in [0.15, 0.2) is 0 Å². The van der Waals surface area contributed by atoms with E-state index in [2.05, 4.69) is 42.1 Å². The standard InChI is InChI=1S/C40H45BrN14O7/c1-5-53-27(13-20(3)50-53)37(59)48-39-46-25-14-22(35(43)57)16-28(61-12-8-10-45-30(56)18-42)32(25)52(39)11-7-9-24-19-62-29-17-23(36(44)58)15-26-33(29)55(24)40(47-26)49-38(60)34-31(41)21(4)51-54(34)6-2/h7,9,13-17,24H,5-6,8,10-12,18-19,42H2,1-4H3,(H2,43,57)(H2,44,58)(H,45,56)(H,46,48,59)(H,47,49,60)/b9-7+/t24-/m0/s1. The van der Waals surface area contributed by atoms with Crippen LogP contribution in [-0.4, -0.2) is 94.5 Å². The van der Waals surface area contributed by atoms with E-state index in [1.807, 2.05) is 26.0 Å². The lowest BCUT2D eigenvalue weighted by molar-refractivity contribution is -0.119. The number of halogens is 1. The molecule has 21 nitrogen and oxygen atoms in total. The van der Waals surface area contributed by atoms with Crippen LogP contribution in [0.5, 0.6) is 11.5 Å². The van der Waals surface area contributed by atoms with E-state index in [4.69, 9.17) is 36.6 Å². The summed E-state index contributed by atoms with van der Waals surface area (Å²) in [5.41, 5.74) is 20.6. The van der Waals surface area contributed by atoms with Gasteiger partial charge in [0.05, 0.1) is 46.1 Å². The van der Waals surface area contributed by atoms with Crippen LogP contribution in [0.2, 0.25) is 0 Å². The van der Waals surface area contributed by atoms with Crippen LogP contribution in [0.1, 0.15) is 79.4 Å². The van der Waals surface area contributed by atoms with Crippen LogP contribution < -0.4 is 42.6 Å². The van der Waals surface area contributed by atoms with Crippen LogP contribution in [0.25, 0.3) is 22.1 Å². The molecule has 0 saturated carbocycles. The van der Waals surface area contributed by atoms with E-state index >= 15 is 0 Å². The second kappa shape index (κ2) is 17.9. The van der Waals surface area contributed by atoms with Gasteiger partial charge in [0.2, 0.25) is 29.6 Å². The van der Waals surface area contributed by atoms with Gasteiger partial charge in [-0.25, -0.2) is 9.97 Å². The molecule has 0 radical (unpaired) electrons. The lowest BCUT2D eigenvalue weighted by atomic mass is 10.1. The number of amides is 5. The molecule has 324 valence electrons. The summed E-state index contributed by atoms with van der Waals surface area (Å²) in [5.74, 6) is -1.71. The summed E-state index contributed by atoms with van der Waals surface area (Å²) in [6, 6.07) is 7.19. The van der Waals surface area contributed by atoms with Crippen molar-refractivity contribution in [2.45, 2.75) is 59.8 Å². The fourth-order valence-corrected chi connectivity index (χ4v) is 7.65. The summed E-state index contributed by atoms with van der Waals surface area (Å²) < 4.78 is 19.6. The van der Waals surface area contributed by atoms with Gasteiger partial charge < -0.3 is 36.6 Å². The molecule has 5 amide bonds. The summed E-state index contributed by atoms with van der Waals surface area (Å²) in [7, 11) is 0. The number of nitrogens with two attached hydrogens (primary N) is 3. The Morgan fingerprint density at radius 3 is 2.27 bits per heavy atom. The number of imidazole rings is 2. The summed E-state index contributed by atoms with van der Waals surface area (Å²) in [6.45, 7) is 8.65. The van der Waals surface area contributed by atoms with Gasteiger partial charge in [0, 0.05) is 37.3 Å². The number of aromatic nitrogens is 8. The molecule has 4 aromatic heterocycles. The molecule has 0 spiro atoms. The van der Waals surface area contributed by atoms with E-state index < -0.39 is 29.7 Å². The Balaban J connectivity index is 1.28. The number of nitrogens with one attached hydrogen (secondary N) is 3. The third kappa shape index (κ3) is 8.46. The van der Waals surface area contributed by atoms with Crippen molar-refractivity contribution < 1.29 is 33.4 Å². The average molecular weight is 914 g/mol. The minimum absolute atomic E-state index is 0.0708. The predicted molar refractivity (Wildman–Crippen MR) is 231 cm³/mol. The SMILES string of the molecule is CCn1nc(C)cc1C(=O)Nc1nc2cc(C(N)=O)cc(OCCCNC(=O)CN)c2n1C/C=C/[C@H]1COc2cc(C(N)=O)cc3nc(NC(=O)c4c(Br)c(C)nn4CC)n1c23. The molecule has 62 heavy (non-hydrogen) atoms. The van der Waals surface area contributed by atoms with Crippen LogP contribution in [-0.2, 0) is 24.4 Å². The van der Waals surface area contributed by atoms with Crippen molar-refractivity contribution in [2.75, 3.05) is 36.9 Å². The van der Waals surface area contributed by atoms with Gasteiger partial charge in [0.1, 0.15) is 40.5 Å². The second-order valence-electron chi connectivity index (χ2n) is 14.3. The average Bonchev–Trinajstić information content (AvgIpc) is 3.99. The molecule has 0 fully saturated rings. The van der Waals surface area contributed by atoms with Crippen molar-refractivity contribution >= 4 is 79.4 Å². The van der Waals surface area contributed by atoms with Gasteiger partial charge in [-0.3, -0.25) is 48.5 Å². The first-order valence-electron chi connectivity index (χ1n) is 19.7. The van der Waals surface area contributed by atoms with Gasteiger partial charge in [-0.05, 0) is 80.4 Å². The maximum Gasteiger partial charge on any atom is 0.277 e. The first kappa shape index (κ1) is 43.0. The van der Waals surface area contributed by atoms with E-state index in [0.717, 1.165) is 0 Å². The van der Waals surface area contributed by atoms with Crippen LogP contribution in [0.4, 0.5) is 11.9 Å². The number of aryl methyl sites for hydroxylation is 4. The first-order chi connectivity index (χ1) is 29.7. The lowest BCUT2D eigenvalue weighted by Crippen LogP contribution is -2.31. The first-order valence-corrected chi connectivity index (χ1v) is 20.5. The Bertz CT molecular complexity index is 2800. The lowest BCUT2D eigenvalue weighted by Gasteiger charge is -2.25. The third-order valence-corrected chi connectivity index (χ3v) is 11.0. The number of allylic oxidation sites excluding steroid dienone is 1. The number of rotatable bonds is 17. The zero-order valence-corrected chi connectivity index (χ0v) is 35.9. The Morgan fingerprint density at radius 2 is 1.58 bits per heavy atom. The maximum atomic E-state index is 13.9. The van der Waals surface area contributed by atoms with E-state index in [1.54, 1.807) is 38.4 Å². The van der Waals surface area contributed by atoms with Crippen molar-refractivity contribution in [3.63, 3.8) is 0 Å². The molecular formula is C40H45BrN14O7. The number of benzene rings is 2. The molecule has 6 aromatic rings. The highest BCUT2D eigenvalue weighted by molar-refractivity contribution is 9.10. The minimum atomic E-state index is -0.717. The Labute approximate surface area is 362 Å². The van der Waals surface area contributed by atoms with Gasteiger partial charge >= 0.3 is 0 Å². The molecule has 1 atom stereocenters. The Kier molecular flexibility index (Phi) is 12.4. The van der Waals surface area contributed by atoms with Crippen LogP contribution in [0.15, 0.2) is 47.0 Å². The Morgan fingerprint density at radius 1 is 0.903 bits per heavy atom. The van der Waals surface area contributed by atoms with Crippen molar-refractivity contribution in [3.05, 3.63) is 80.9 Å². The molecular weight excluding hydrogens is 868 g/mol. The molecule has 0 saturated heterocycles. The molecule has 0 unspecified atom stereocenters. The quantitative estimate of drug-likeness (QED) is 0.0569. The maximum absolute atomic E-state index is 13.9. The topological polar surface area (TPSA) is 289 Å². The number of anilines is 2. The largest absolute Gasteiger partial charge is 0.491 e. The van der Waals surface area contributed by atoms with Crippen LogP contribution >= 0.6 is 15.9 Å². The molecule has 1 aliphatic rings. The fraction of sp³-hybridized carbons (Fsp3) is 0.325. The summed E-state index contributed by atoms with van der Waals surface area (Å²) in [4.78, 5) is 73.6. The molecule has 5 heterocycles. The van der Waals surface area contributed by atoms with Gasteiger partial charge in [-0.15, -0.1) is 0 Å². The molecule has 22 heteroatoms. The normalized spacial score (nSPS) is 13.4. The number of fused-ring (bicyclic) bond motifs is 1. The van der Waals surface area contributed by atoms with Gasteiger partial charge in [-0.1, -0.05) is 12.2 Å². The van der Waals surface area contributed by atoms with E-state index in [0.29, 0.717) is 81.1 Å². The monoisotopic (exact) mass is 912 g/mol. The van der Waals surface area contributed by atoms with Gasteiger partial charge in [0.25, 0.3) is 11.8 Å². The summed E-state index contributed by atoms with van der Waals surface area (Å²) in [5, 5.41) is 17.4. The number of ether oxygens (including phenoxy) is 2. The zero-order valence-electron chi connectivity index (χ0n) is 34.3. The number of carbonyl (C=O) groups is 5. The summed E-state index contributed by atoms with van der Waals surface area (Å²) in [6.07, 6.45) is 4.08. The van der Waals surface area contributed by atoms with Crippen molar-refractivity contribution in [2.24, 2.45) is 17.2 Å². The van der Waals surface area contributed by atoms with E-state index in [9.17, 15) is 24.0 Å². The van der Waals surface area contributed by atoms with E-state index in [1.165, 1.54) is 24.3 Å². The van der Waals surface area contributed by atoms with Crippen LogP contribution in [0, 0.1) is 13.8 Å². The van der Waals surface area contributed by atoms with Crippen LogP contribution in [0.3, 0.4) is 0 Å². The number of hydrogen-bond donors (Lipinski definition) is 6. The summed E-state index contributed by atoms with van der Waals surface area (Å²) >= 11 is 3.50. The fourth-order valence-electron chi connectivity index (χ4n) is 7.18. The highest BCUT2D eigenvalue weighted by atomic mass is 79.9. The number of nitrogens with zero attached hydrogens (tertiary/aromatic N) is 8. The van der Waals surface area contributed by atoms with Crippen molar-refractivity contribution in [3.8, 4) is 11.5 Å². The van der Waals surface area contributed by atoms with Crippen molar-refractivity contribution in [1.82, 2.24) is 44.0 Å². The van der Waals surface area contributed by atoms with E-state index in [-0.39, 0.29) is 61.0 Å². The third-order valence-electron chi connectivity index (χ3n) is 10.1.